The Labute approximate surface area is 186 Å². The van der Waals surface area contributed by atoms with Gasteiger partial charge in [0, 0.05) is 5.41 Å². The van der Waals surface area contributed by atoms with Crippen LogP contribution in [0.1, 0.15) is 64.4 Å². The van der Waals surface area contributed by atoms with E-state index in [4.69, 9.17) is 13.9 Å². The van der Waals surface area contributed by atoms with Crippen LogP contribution in [0.4, 0.5) is 4.53 Å². The molecular weight excluding hydrogens is 415 g/mol. The lowest BCUT2D eigenvalue weighted by atomic mass is 9.50. The van der Waals surface area contributed by atoms with E-state index >= 15 is 0 Å². The Hall–Kier alpha value is -1.83. The number of Topliss-reactive ketones (excluding diaryl/α,β-unsaturated/α-hetero) is 1. The van der Waals surface area contributed by atoms with Crippen molar-refractivity contribution in [2.45, 2.75) is 76.5 Å². The third-order valence-corrected chi connectivity index (χ3v) is 9.51. The van der Waals surface area contributed by atoms with Crippen molar-refractivity contribution in [1.82, 2.24) is 0 Å². The van der Waals surface area contributed by atoms with E-state index in [-0.39, 0.29) is 34.9 Å². The number of furan rings is 1. The van der Waals surface area contributed by atoms with Gasteiger partial charge in [-0.15, -0.1) is 0 Å². The van der Waals surface area contributed by atoms with E-state index in [1.165, 1.54) is 0 Å². The maximum atomic E-state index is 13.2. The van der Waals surface area contributed by atoms with Crippen LogP contribution in [0.5, 0.6) is 0 Å². The van der Waals surface area contributed by atoms with Crippen molar-refractivity contribution in [3.8, 4) is 0 Å². The lowest BCUT2D eigenvalue weighted by Gasteiger charge is -2.55. The smallest absolute Gasteiger partial charge is 0.218 e. The Kier molecular flexibility index (Phi) is 4.59. The van der Waals surface area contributed by atoms with Crippen LogP contribution in [0.15, 0.2) is 34.5 Å². The minimum atomic E-state index is -0.983. The van der Waals surface area contributed by atoms with Gasteiger partial charge in [-0.1, -0.05) is 12.5 Å². The van der Waals surface area contributed by atoms with Crippen LogP contribution >= 0.6 is 0 Å². The molecule has 1 aromatic heterocycles. The SMILES string of the molecule is CC(=O)[C@@]12OC(c3ccco3)OC1C[C@H]1[C@@H]3CCC4=CC(=O)C(OF)C[C@@H]4[C@H]3CC[C@@]12C. The Balaban J connectivity index is 1.33. The van der Waals surface area contributed by atoms with Gasteiger partial charge in [-0.25, -0.2) is 0 Å². The van der Waals surface area contributed by atoms with E-state index in [2.05, 4.69) is 11.9 Å². The first-order valence-electron chi connectivity index (χ1n) is 11.8. The molecule has 2 heterocycles. The number of allylic oxidation sites excluding steroid dienone is 1. The van der Waals surface area contributed by atoms with Crippen molar-refractivity contribution in [2.75, 3.05) is 0 Å². The summed E-state index contributed by atoms with van der Waals surface area (Å²) in [5.41, 5.74) is -0.171. The molecule has 7 heteroatoms. The molecule has 6 rings (SSSR count). The first-order chi connectivity index (χ1) is 15.4. The van der Waals surface area contributed by atoms with Gasteiger partial charge in [0.1, 0.15) is 0 Å². The summed E-state index contributed by atoms with van der Waals surface area (Å²) in [6.45, 7) is 3.82. The molecular formula is C25H29FO6. The second-order valence-corrected chi connectivity index (χ2v) is 10.6. The second-order valence-electron chi connectivity index (χ2n) is 10.6. The highest BCUT2D eigenvalue weighted by Crippen LogP contribution is 2.69. The van der Waals surface area contributed by atoms with Crippen LogP contribution < -0.4 is 0 Å². The molecule has 3 saturated carbocycles. The molecule has 1 aromatic rings. The standard InChI is InChI=1S/C25H29FO6/c1-13(27)25-22(30-23(31-25)20-4-3-9-29-20)12-18-16-6-5-14-10-19(28)21(32-26)11-17(14)15(16)7-8-24(18,25)2/h3-4,9-10,15-18,21-23H,5-8,11-12H2,1-2H3/t15-,16+,17-,18-,21?,22?,23?,24-,25+/m0/s1. The van der Waals surface area contributed by atoms with Crippen LogP contribution in [-0.4, -0.2) is 29.4 Å². The van der Waals surface area contributed by atoms with Gasteiger partial charge >= 0.3 is 0 Å². The summed E-state index contributed by atoms with van der Waals surface area (Å²) in [6.07, 6.45) is 6.02. The molecule has 5 aliphatic rings. The average Bonchev–Trinajstić information content (AvgIpc) is 3.47. The summed E-state index contributed by atoms with van der Waals surface area (Å²) in [4.78, 5) is 29.3. The molecule has 6 nitrogen and oxygen atoms in total. The van der Waals surface area contributed by atoms with Gasteiger partial charge in [0.25, 0.3) is 0 Å². The first kappa shape index (κ1) is 20.8. The van der Waals surface area contributed by atoms with Gasteiger partial charge in [-0.3, -0.25) is 9.59 Å². The summed E-state index contributed by atoms with van der Waals surface area (Å²) in [6, 6.07) is 3.61. The van der Waals surface area contributed by atoms with Crippen LogP contribution in [0, 0.1) is 29.1 Å². The summed E-state index contributed by atoms with van der Waals surface area (Å²) < 4.78 is 31.3. The fourth-order valence-corrected chi connectivity index (χ4v) is 8.18. The van der Waals surface area contributed by atoms with Crippen molar-refractivity contribution in [2.24, 2.45) is 29.1 Å². The number of ketones is 2. The van der Waals surface area contributed by atoms with Crippen molar-refractivity contribution in [1.29, 1.82) is 0 Å². The van der Waals surface area contributed by atoms with Crippen LogP contribution in [0.3, 0.4) is 0 Å². The maximum absolute atomic E-state index is 13.2. The molecule has 3 unspecified atom stereocenters. The Morgan fingerprint density at radius 1 is 1.25 bits per heavy atom. The Morgan fingerprint density at radius 2 is 2.09 bits per heavy atom. The Bertz CT molecular complexity index is 971. The van der Waals surface area contributed by atoms with Crippen molar-refractivity contribution < 1.29 is 32.9 Å². The van der Waals surface area contributed by atoms with Gasteiger partial charge in [0.2, 0.25) is 6.29 Å². The lowest BCUT2D eigenvalue weighted by Crippen LogP contribution is -2.58. The quantitative estimate of drug-likeness (QED) is 0.676. The average molecular weight is 444 g/mol. The molecule has 9 atom stereocenters. The molecule has 0 bridgehead atoms. The number of carbonyl (C=O) groups excluding carboxylic acids is 2. The molecule has 4 fully saturated rings. The second kappa shape index (κ2) is 7.08. The van der Waals surface area contributed by atoms with Crippen molar-refractivity contribution in [3.63, 3.8) is 0 Å². The van der Waals surface area contributed by atoms with E-state index < -0.39 is 18.0 Å². The van der Waals surface area contributed by atoms with Gasteiger partial charge in [-0.05, 0) is 91.9 Å². The van der Waals surface area contributed by atoms with Gasteiger partial charge < -0.3 is 13.9 Å². The topological polar surface area (TPSA) is 75.0 Å². The monoisotopic (exact) mass is 444 g/mol. The molecule has 4 aliphatic carbocycles. The fourth-order valence-electron chi connectivity index (χ4n) is 8.18. The Morgan fingerprint density at radius 3 is 2.81 bits per heavy atom. The number of fused-ring (bicyclic) bond motifs is 7. The zero-order chi connectivity index (χ0) is 22.3. The third kappa shape index (κ3) is 2.56. The van der Waals surface area contributed by atoms with E-state index in [1.54, 1.807) is 25.3 Å². The number of ether oxygens (including phenoxy) is 2. The molecule has 0 N–H and O–H groups in total. The minimum Gasteiger partial charge on any atom is -0.464 e. The minimum absolute atomic E-state index is 0.0190. The molecule has 32 heavy (non-hydrogen) atoms. The molecule has 1 aliphatic heterocycles. The summed E-state index contributed by atoms with van der Waals surface area (Å²) >= 11 is 0. The van der Waals surface area contributed by atoms with Crippen molar-refractivity contribution in [3.05, 3.63) is 35.8 Å². The summed E-state index contributed by atoms with van der Waals surface area (Å²) in [5.74, 6) is 1.55. The number of hydrogen-bond donors (Lipinski definition) is 0. The van der Waals surface area contributed by atoms with E-state index in [9.17, 15) is 14.1 Å². The number of carbonyl (C=O) groups is 2. The normalized spacial score (nSPS) is 47.3. The van der Waals surface area contributed by atoms with E-state index in [0.29, 0.717) is 24.0 Å². The highest BCUT2D eigenvalue weighted by molar-refractivity contribution is 5.95. The number of halogens is 1. The summed E-state index contributed by atoms with van der Waals surface area (Å²) in [7, 11) is 0. The molecule has 1 saturated heterocycles. The molecule has 0 aromatic carbocycles. The largest absolute Gasteiger partial charge is 0.464 e. The fraction of sp³-hybridized carbons (Fsp3) is 0.680. The predicted molar refractivity (Wildman–Crippen MR) is 110 cm³/mol. The molecule has 172 valence electrons. The van der Waals surface area contributed by atoms with Gasteiger partial charge in [-0.2, -0.15) is 4.94 Å². The first-order valence-corrected chi connectivity index (χ1v) is 11.8. The molecule has 0 amide bonds. The lowest BCUT2D eigenvalue weighted by molar-refractivity contribution is -0.195. The zero-order valence-electron chi connectivity index (χ0n) is 18.4. The summed E-state index contributed by atoms with van der Waals surface area (Å²) in [5, 5.41) is 0. The molecule has 0 spiro atoms. The van der Waals surface area contributed by atoms with Crippen LogP contribution in [-0.2, 0) is 24.0 Å². The zero-order valence-corrected chi connectivity index (χ0v) is 18.4. The van der Waals surface area contributed by atoms with Gasteiger partial charge in [0.15, 0.2) is 29.0 Å². The van der Waals surface area contributed by atoms with Gasteiger partial charge in [0.05, 0.1) is 12.4 Å². The highest BCUT2D eigenvalue weighted by Gasteiger charge is 2.73. The predicted octanol–water partition coefficient (Wildman–Crippen LogP) is 4.65. The highest BCUT2D eigenvalue weighted by atomic mass is 19.3. The van der Waals surface area contributed by atoms with E-state index in [0.717, 1.165) is 37.7 Å². The van der Waals surface area contributed by atoms with E-state index in [1.807, 2.05) is 6.07 Å². The van der Waals surface area contributed by atoms with Crippen molar-refractivity contribution >= 4 is 11.6 Å². The number of rotatable bonds is 3. The number of hydrogen-bond acceptors (Lipinski definition) is 6. The van der Waals surface area contributed by atoms with Crippen LogP contribution in [0.2, 0.25) is 0 Å². The third-order valence-electron chi connectivity index (χ3n) is 9.51. The van der Waals surface area contributed by atoms with Crippen LogP contribution in [0.25, 0.3) is 0 Å². The maximum Gasteiger partial charge on any atom is 0.218 e. The molecule has 0 radical (unpaired) electrons.